The minimum atomic E-state index is -0.406. The average Bonchev–Trinajstić information content (AvgIpc) is 2.24. The molecule has 1 atom stereocenters. The summed E-state index contributed by atoms with van der Waals surface area (Å²) in [6.07, 6.45) is 1.53. The number of hydrogen-bond donors (Lipinski definition) is 2. The highest BCUT2D eigenvalue weighted by Crippen LogP contribution is 1.94. The van der Waals surface area contributed by atoms with Crippen molar-refractivity contribution in [2.45, 2.75) is 32.8 Å². The lowest BCUT2D eigenvalue weighted by Gasteiger charge is -2.10. The minimum Gasteiger partial charge on any atom is -0.447 e. The number of carbonyl (C=O) groups is 1. The summed E-state index contributed by atoms with van der Waals surface area (Å²) in [5, 5.41) is 2.59. The SMILES string of the molecule is CCC(C)OCCOC(=O)NCCCN. The molecule has 0 aromatic carbocycles. The zero-order valence-electron chi connectivity index (χ0n) is 9.62. The minimum absolute atomic E-state index is 0.217. The molecule has 0 heterocycles. The van der Waals surface area contributed by atoms with Crippen LogP contribution in [0.2, 0.25) is 0 Å². The number of alkyl carbamates (subject to hydrolysis) is 1. The zero-order valence-corrected chi connectivity index (χ0v) is 9.62. The van der Waals surface area contributed by atoms with Gasteiger partial charge in [-0.25, -0.2) is 4.79 Å². The van der Waals surface area contributed by atoms with Gasteiger partial charge in [0, 0.05) is 6.54 Å². The molecule has 0 rings (SSSR count). The van der Waals surface area contributed by atoms with Crippen molar-refractivity contribution in [2.75, 3.05) is 26.3 Å². The van der Waals surface area contributed by atoms with Crippen molar-refractivity contribution in [1.82, 2.24) is 5.32 Å². The van der Waals surface area contributed by atoms with Gasteiger partial charge in [-0.05, 0) is 26.3 Å². The summed E-state index contributed by atoms with van der Waals surface area (Å²) in [6.45, 7) is 5.89. The lowest BCUT2D eigenvalue weighted by Crippen LogP contribution is -2.28. The van der Waals surface area contributed by atoms with Gasteiger partial charge in [-0.3, -0.25) is 0 Å². The maximum absolute atomic E-state index is 11.0. The highest BCUT2D eigenvalue weighted by molar-refractivity contribution is 5.66. The standard InChI is InChI=1S/C10H22N2O3/c1-3-9(2)14-7-8-15-10(13)12-6-4-5-11/h9H,3-8,11H2,1-2H3,(H,12,13). The molecule has 1 amide bonds. The number of rotatable bonds is 8. The summed E-state index contributed by atoms with van der Waals surface area (Å²) in [6, 6.07) is 0. The summed E-state index contributed by atoms with van der Waals surface area (Å²) in [5.41, 5.74) is 5.27. The van der Waals surface area contributed by atoms with Crippen LogP contribution in [0.3, 0.4) is 0 Å². The molecule has 90 valence electrons. The first-order valence-electron chi connectivity index (χ1n) is 5.43. The molecule has 0 spiro atoms. The Morgan fingerprint density at radius 2 is 2.20 bits per heavy atom. The quantitative estimate of drug-likeness (QED) is 0.593. The van der Waals surface area contributed by atoms with Crippen molar-refractivity contribution >= 4 is 6.09 Å². The Hall–Kier alpha value is -0.810. The molecule has 0 aromatic heterocycles. The third-order valence-electron chi connectivity index (χ3n) is 1.94. The van der Waals surface area contributed by atoms with E-state index in [0.717, 1.165) is 12.8 Å². The molecule has 5 heteroatoms. The summed E-state index contributed by atoms with van der Waals surface area (Å²) in [4.78, 5) is 11.0. The fourth-order valence-electron chi connectivity index (χ4n) is 0.845. The normalized spacial score (nSPS) is 12.2. The average molecular weight is 218 g/mol. The monoisotopic (exact) mass is 218 g/mol. The van der Waals surface area contributed by atoms with E-state index in [1.165, 1.54) is 0 Å². The molecular weight excluding hydrogens is 196 g/mol. The molecule has 0 fully saturated rings. The Morgan fingerprint density at radius 1 is 1.47 bits per heavy atom. The molecule has 5 nitrogen and oxygen atoms in total. The van der Waals surface area contributed by atoms with Gasteiger partial charge in [-0.15, -0.1) is 0 Å². The molecule has 3 N–H and O–H groups in total. The lowest BCUT2D eigenvalue weighted by atomic mass is 10.3. The number of nitrogens with one attached hydrogen (secondary N) is 1. The van der Waals surface area contributed by atoms with Crippen molar-refractivity contribution in [3.63, 3.8) is 0 Å². The molecule has 0 bridgehead atoms. The zero-order chi connectivity index (χ0) is 11.5. The Bertz CT molecular complexity index is 165. The van der Waals surface area contributed by atoms with Gasteiger partial charge < -0.3 is 20.5 Å². The van der Waals surface area contributed by atoms with Crippen LogP contribution in [0.5, 0.6) is 0 Å². The third kappa shape index (κ3) is 9.49. The van der Waals surface area contributed by atoms with Crippen LogP contribution in [0.4, 0.5) is 4.79 Å². The molecule has 0 saturated carbocycles. The molecule has 0 aliphatic rings. The fourth-order valence-corrected chi connectivity index (χ4v) is 0.845. The van der Waals surface area contributed by atoms with Gasteiger partial charge in [0.05, 0.1) is 12.7 Å². The van der Waals surface area contributed by atoms with Crippen LogP contribution >= 0.6 is 0 Å². The molecule has 0 aromatic rings. The fraction of sp³-hybridized carbons (Fsp3) is 0.900. The smallest absolute Gasteiger partial charge is 0.407 e. The maximum Gasteiger partial charge on any atom is 0.407 e. The van der Waals surface area contributed by atoms with Crippen LogP contribution in [0.1, 0.15) is 26.7 Å². The highest BCUT2D eigenvalue weighted by atomic mass is 16.6. The summed E-state index contributed by atoms with van der Waals surface area (Å²) >= 11 is 0. The Kier molecular flexibility index (Phi) is 9.21. The molecule has 0 aliphatic carbocycles. The molecule has 0 saturated heterocycles. The van der Waals surface area contributed by atoms with Crippen LogP contribution in [-0.4, -0.2) is 38.5 Å². The van der Waals surface area contributed by atoms with Gasteiger partial charge in [-0.1, -0.05) is 6.92 Å². The Labute approximate surface area is 91.3 Å². The van der Waals surface area contributed by atoms with Gasteiger partial charge in [0.25, 0.3) is 0 Å². The predicted octanol–water partition coefficient (Wildman–Crippen LogP) is 0.877. The van der Waals surface area contributed by atoms with E-state index in [9.17, 15) is 4.79 Å². The number of nitrogens with two attached hydrogens (primary N) is 1. The molecular formula is C10H22N2O3. The van der Waals surface area contributed by atoms with E-state index in [-0.39, 0.29) is 6.10 Å². The third-order valence-corrected chi connectivity index (χ3v) is 1.94. The highest BCUT2D eigenvalue weighted by Gasteiger charge is 2.01. The van der Waals surface area contributed by atoms with Gasteiger partial charge in [0.15, 0.2) is 0 Å². The summed E-state index contributed by atoms with van der Waals surface area (Å²) < 4.78 is 10.2. The number of amides is 1. The van der Waals surface area contributed by atoms with E-state index in [1.807, 2.05) is 13.8 Å². The second-order valence-electron chi connectivity index (χ2n) is 3.29. The summed E-state index contributed by atoms with van der Waals surface area (Å²) in [5.74, 6) is 0. The van der Waals surface area contributed by atoms with Gasteiger partial charge >= 0.3 is 6.09 Å². The lowest BCUT2D eigenvalue weighted by molar-refractivity contribution is 0.0294. The molecule has 15 heavy (non-hydrogen) atoms. The van der Waals surface area contributed by atoms with E-state index < -0.39 is 6.09 Å². The first kappa shape index (κ1) is 14.2. The van der Waals surface area contributed by atoms with Gasteiger partial charge in [0.1, 0.15) is 6.61 Å². The van der Waals surface area contributed by atoms with Crippen molar-refractivity contribution in [3.05, 3.63) is 0 Å². The first-order valence-corrected chi connectivity index (χ1v) is 5.43. The number of ether oxygens (including phenoxy) is 2. The summed E-state index contributed by atoms with van der Waals surface area (Å²) in [7, 11) is 0. The van der Waals surface area contributed by atoms with E-state index in [4.69, 9.17) is 15.2 Å². The maximum atomic E-state index is 11.0. The second kappa shape index (κ2) is 9.73. The van der Waals surface area contributed by atoms with Crippen molar-refractivity contribution in [1.29, 1.82) is 0 Å². The predicted molar refractivity (Wildman–Crippen MR) is 58.7 cm³/mol. The van der Waals surface area contributed by atoms with E-state index in [0.29, 0.717) is 26.3 Å². The van der Waals surface area contributed by atoms with E-state index in [2.05, 4.69) is 5.32 Å². The number of carbonyl (C=O) groups excluding carboxylic acids is 1. The van der Waals surface area contributed by atoms with Crippen molar-refractivity contribution in [2.24, 2.45) is 5.73 Å². The number of hydrogen-bond acceptors (Lipinski definition) is 4. The van der Waals surface area contributed by atoms with Crippen LogP contribution in [0, 0.1) is 0 Å². The van der Waals surface area contributed by atoms with Gasteiger partial charge in [0.2, 0.25) is 0 Å². The molecule has 1 unspecified atom stereocenters. The van der Waals surface area contributed by atoms with E-state index >= 15 is 0 Å². The van der Waals surface area contributed by atoms with Crippen molar-refractivity contribution < 1.29 is 14.3 Å². The van der Waals surface area contributed by atoms with Crippen LogP contribution in [0.15, 0.2) is 0 Å². The van der Waals surface area contributed by atoms with Gasteiger partial charge in [-0.2, -0.15) is 0 Å². The van der Waals surface area contributed by atoms with Crippen molar-refractivity contribution in [3.8, 4) is 0 Å². The first-order chi connectivity index (χ1) is 7.20. The van der Waals surface area contributed by atoms with Crippen LogP contribution in [-0.2, 0) is 9.47 Å². The topological polar surface area (TPSA) is 73.6 Å². The van der Waals surface area contributed by atoms with E-state index in [1.54, 1.807) is 0 Å². The van der Waals surface area contributed by atoms with Crippen LogP contribution in [0.25, 0.3) is 0 Å². The Balaban J connectivity index is 3.23. The molecule has 0 aliphatic heterocycles. The second-order valence-corrected chi connectivity index (χ2v) is 3.29. The Morgan fingerprint density at radius 3 is 2.80 bits per heavy atom. The largest absolute Gasteiger partial charge is 0.447 e. The van der Waals surface area contributed by atoms with Crippen LogP contribution < -0.4 is 11.1 Å². The molecule has 0 radical (unpaired) electrons.